The monoisotopic (exact) mass is 493 g/mol. The second-order valence-electron chi connectivity index (χ2n) is 9.44. The highest BCUT2D eigenvalue weighted by atomic mass is 19.2. The number of fused-ring (bicyclic) bond motifs is 2. The fourth-order valence-electron chi connectivity index (χ4n) is 5.36. The molecule has 2 aliphatic heterocycles. The van der Waals surface area contributed by atoms with Crippen molar-refractivity contribution in [2.75, 3.05) is 20.2 Å². The molecular formula is C28H29F2N3O3. The topological polar surface area (TPSA) is 54.9 Å². The number of piperidine rings is 1. The molecule has 1 fully saturated rings. The number of aromatic nitrogens is 1. The lowest BCUT2D eigenvalue weighted by Crippen LogP contribution is -2.42. The highest BCUT2D eigenvalue weighted by molar-refractivity contribution is 5.73. The molecule has 0 bridgehead atoms. The Morgan fingerprint density at radius 1 is 1.11 bits per heavy atom. The molecule has 1 spiro atoms. The second-order valence-corrected chi connectivity index (χ2v) is 9.44. The highest BCUT2D eigenvalue weighted by Gasteiger charge is 2.42. The van der Waals surface area contributed by atoms with Crippen molar-refractivity contribution in [2.45, 2.75) is 44.6 Å². The van der Waals surface area contributed by atoms with Crippen molar-refractivity contribution in [3.8, 4) is 0 Å². The lowest BCUT2D eigenvalue weighted by molar-refractivity contribution is -0.182. The van der Waals surface area contributed by atoms with Crippen LogP contribution in [-0.4, -0.2) is 41.1 Å². The molecule has 0 N–H and O–H groups in total. The molecule has 1 saturated heterocycles. The molecule has 5 rings (SSSR count). The molecule has 0 radical (unpaired) electrons. The number of rotatable bonds is 6. The van der Waals surface area contributed by atoms with Gasteiger partial charge < -0.3 is 4.74 Å². The summed E-state index contributed by atoms with van der Waals surface area (Å²) < 4.78 is 33.8. The number of hydrogen-bond donors (Lipinski definition) is 0. The Balaban J connectivity index is 1.30. The van der Waals surface area contributed by atoms with Gasteiger partial charge in [0.15, 0.2) is 11.6 Å². The van der Waals surface area contributed by atoms with Gasteiger partial charge in [-0.3, -0.25) is 19.5 Å². The standard InChI is InChI=1S/C28H29F2N3O3/c1-19(34)33(35-2)27(22-7-8-25(29)26(30)15-22)21-5-3-20(4-6-21)17-32-13-10-28(11-14-32)24-16-31-12-9-23(24)18-36-28/h3-9,12,15-16,27H,10-11,13-14,17-18H2,1-2H3/t27-/m0/s1. The average molecular weight is 494 g/mol. The number of hydroxylamine groups is 2. The molecular weight excluding hydrogens is 464 g/mol. The summed E-state index contributed by atoms with van der Waals surface area (Å²) in [6.07, 6.45) is 5.61. The van der Waals surface area contributed by atoms with E-state index < -0.39 is 17.7 Å². The summed E-state index contributed by atoms with van der Waals surface area (Å²) in [5.41, 5.74) is 4.53. The Morgan fingerprint density at radius 2 is 1.83 bits per heavy atom. The maximum atomic E-state index is 14.0. The van der Waals surface area contributed by atoms with E-state index in [0.29, 0.717) is 12.2 Å². The molecule has 0 saturated carbocycles. The van der Waals surface area contributed by atoms with Crippen molar-refractivity contribution in [3.63, 3.8) is 0 Å². The van der Waals surface area contributed by atoms with Crippen LogP contribution in [0.3, 0.4) is 0 Å². The summed E-state index contributed by atoms with van der Waals surface area (Å²) in [6, 6.07) is 12.8. The Bertz CT molecular complexity index is 1240. The first-order chi connectivity index (χ1) is 17.4. The number of pyridine rings is 1. The molecule has 1 amide bonds. The van der Waals surface area contributed by atoms with E-state index in [1.165, 1.54) is 36.3 Å². The number of amides is 1. The number of likely N-dealkylation sites (tertiary alicyclic amines) is 1. The first-order valence-corrected chi connectivity index (χ1v) is 12.1. The van der Waals surface area contributed by atoms with Gasteiger partial charge >= 0.3 is 0 Å². The zero-order valence-electron chi connectivity index (χ0n) is 20.4. The van der Waals surface area contributed by atoms with Gasteiger partial charge in [-0.1, -0.05) is 30.3 Å². The van der Waals surface area contributed by atoms with Gasteiger partial charge in [-0.2, -0.15) is 0 Å². The summed E-state index contributed by atoms with van der Waals surface area (Å²) in [4.78, 5) is 24.3. The Morgan fingerprint density at radius 3 is 2.50 bits per heavy atom. The van der Waals surface area contributed by atoms with Crippen molar-refractivity contribution in [3.05, 3.63) is 100 Å². The van der Waals surface area contributed by atoms with Crippen LogP contribution in [0.1, 0.15) is 53.6 Å². The quantitative estimate of drug-likeness (QED) is 0.458. The third-order valence-corrected chi connectivity index (χ3v) is 7.27. The summed E-state index contributed by atoms with van der Waals surface area (Å²) in [7, 11) is 1.38. The van der Waals surface area contributed by atoms with Gasteiger partial charge in [-0.25, -0.2) is 13.8 Å². The third kappa shape index (κ3) is 4.64. The number of ether oxygens (including phenoxy) is 1. The number of carbonyl (C=O) groups excluding carboxylic acids is 1. The van der Waals surface area contributed by atoms with Crippen LogP contribution in [0.4, 0.5) is 8.78 Å². The maximum Gasteiger partial charge on any atom is 0.243 e. The van der Waals surface area contributed by atoms with Crippen molar-refractivity contribution in [1.82, 2.24) is 14.9 Å². The minimum atomic E-state index is -0.971. The molecule has 188 valence electrons. The van der Waals surface area contributed by atoms with E-state index in [0.717, 1.165) is 55.7 Å². The van der Waals surface area contributed by atoms with E-state index in [9.17, 15) is 13.6 Å². The lowest BCUT2D eigenvalue weighted by atomic mass is 9.84. The SMILES string of the molecule is CON(C(C)=O)[C@@H](c1ccc(CN2CCC3(CC2)OCc2ccncc23)cc1)c1ccc(F)c(F)c1. The minimum absolute atomic E-state index is 0.224. The van der Waals surface area contributed by atoms with Crippen LogP contribution in [0.15, 0.2) is 60.9 Å². The number of halogens is 2. The van der Waals surface area contributed by atoms with Crippen LogP contribution in [0.2, 0.25) is 0 Å². The zero-order valence-corrected chi connectivity index (χ0v) is 20.4. The summed E-state index contributed by atoms with van der Waals surface area (Å²) in [5, 5.41) is 1.17. The minimum Gasteiger partial charge on any atom is -0.365 e. The molecule has 0 unspecified atom stereocenters. The molecule has 2 aromatic carbocycles. The van der Waals surface area contributed by atoms with Crippen molar-refractivity contribution in [2.24, 2.45) is 0 Å². The van der Waals surface area contributed by atoms with Gasteiger partial charge in [0.1, 0.15) is 6.04 Å². The van der Waals surface area contributed by atoms with E-state index >= 15 is 0 Å². The van der Waals surface area contributed by atoms with Gasteiger partial charge in [0.25, 0.3) is 0 Å². The van der Waals surface area contributed by atoms with Crippen LogP contribution < -0.4 is 0 Å². The maximum absolute atomic E-state index is 14.0. The first-order valence-electron chi connectivity index (χ1n) is 12.1. The van der Waals surface area contributed by atoms with Gasteiger partial charge in [0, 0.05) is 44.5 Å². The van der Waals surface area contributed by atoms with E-state index in [1.807, 2.05) is 42.7 Å². The predicted octanol–water partition coefficient (Wildman–Crippen LogP) is 4.88. The lowest BCUT2D eigenvalue weighted by Gasteiger charge is -2.39. The van der Waals surface area contributed by atoms with Crippen LogP contribution >= 0.6 is 0 Å². The van der Waals surface area contributed by atoms with Crippen molar-refractivity contribution in [1.29, 1.82) is 0 Å². The summed E-state index contributed by atoms with van der Waals surface area (Å²) >= 11 is 0. The third-order valence-electron chi connectivity index (χ3n) is 7.27. The van der Waals surface area contributed by atoms with Crippen molar-refractivity contribution >= 4 is 5.91 Å². The Kier molecular flexibility index (Phi) is 6.83. The van der Waals surface area contributed by atoms with Gasteiger partial charge in [0.2, 0.25) is 5.91 Å². The summed E-state index contributed by atoms with van der Waals surface area (Å²) in [5.74, 6) is -2.25. The fraction of sp³-hybridized carbons (Fsp3) is 0.357. The number of benzene rings is 2. The largest absolute Gasteiger partial charge is 0.365 e. The van der Waals surface area contributed by atoms with Crippen LogP contribution in [0.25, 0.3) is 0 Å². The highest BCUT2D eigenvalue weighted by Crippen LogP contribution is 2.43. The number of carbonyl (C=O) groups is 1. The van der Waals surface area contributed by atoms with Crippen LogP contribution in [-0.2, 0) is 33.1 Å². The summed E-state index contributed by atoms with van der Waals surface area (Å²) in [6.45, 7) is 4.63. The van der Waals surface area contributed by atoms with Crippen LogP contribution in [0.5, 0.6) is 0 Å². The van der Waals surface area contributed by atoms with Gasteiger partial charge in [-0.05, 0) is 53.3 Å². The van der Waals surface area contributed by atoms with E-state index in [-0.39, 0.29) is 11.5 Å². The molecule has 8 heteroatoms. The van der Waals surface area contributed by atoms with E-state index in [1.54, 1.807) is 0 Å². The second kappa shape index (κ2) is 10.0. The Labute approximate surface area is 209 Å². The normalized spacial score (nSPS) is 17.7. The molecule has 36 heavy (non-hydrogen) atoms. The molecule has 2 aliphatic rings. The number of nitrogens with zero attached hydrogens (tertiary/aromatic N) is 3. The molecule has 0 aliphatic carbocycles. The van der Waals surface area contributed by atoms with Gasteiger partial charge in [0.05, 0.1) is 19.3 Å². The molecule has 1 aromatic heterocycles. The first kappa shape index (κ1) is 24.5. The van der Waals surface area contributed by atoms with E-state index in [2.05, 4.69) is 9.88 Å². The molecule has 1 atom stereocenters. The Hall–Kier alpha value is -3.20. The predicted molar refractivity (Wildman–Crippen MR) is 129 cm³/mol. The number of hydrogen-bond acceptors (Lipinski definition) is 5. The average Bonchev–Trinajstić information content (AvgIpc) is 3.24. The van der Waals surface area contributed by atoms with Crippen molar-refractivity contribution < 1.29 is 23.1 Å². The molecule has 3 heterocycles. The zero-order chi connectivity index (χ0) is 25.3. The fourth-order valence-corrected chi connectivity index (χ4v) is 5.36. The molecule has 3 aromatic rings. The van der Waals surface area contributed by atoms with E-state index in [4.69, 9.17) is 9.57 Å². The molecule has 6 nitrogen and oxygen atoms in total. The van der Waals surface area contributed by atoms with Crippen LogP contribution in [0, 0.1) is 11.6 Å². The van der Waals surface area contributed by atoms with Gasteiger partial charge in [-0.15, -0.1) is 0 Å². The smallest absolute Gasteiger partial charge is 0.243 e.